The number of amides is 1. The fraction of sp³-hybridized carbons (Fsp3) is 0.462. The largest absolute Gasteiger partial charge is 0.359 e. The Balaban J connectivity index is 2.03. The zero-order valence-corrected chi connectivity index (χ0v) is 10.6. The van der Waals surface area contributed by atoms with Crippen LogP contribution in [0, 0.1) is 0 Å². The molecule has 1 heterocycles. The maximum atomic E-state index is 12.1. The van der Waals surface area contributed by atoms with E-state index in [0.717, 1.165) is 25.1 Å². The van der Waals surface area contributed by atoms with Crippen molar-refractivity contribution >= 4 is 17.5 Å². The summed E-state index contributed by atoms with van der Waals surface area (Å²) in [6.45, 7) is 3.41. The second kappa shape index (κ2) is 5.52. The molecular formula is C13H16ClNO2. The summed E-state index contributed by atoms with van der Waals surface area (Å²) in [6.07, 6.45) is 1.12. The van der Waals surface area contributed by atoms with Gasteiger partial charge in [0.05, 0.1) is 13.0 Å². The lowest BCUT2D eigenvalue weighted by Gasteiger charge is -2.33. The molecule has 1 aliphatic rings. The zero-order chi connectivity index (χ0) is 12.3. The Morgan fingerprint density at radius 2 is 2.29 bits per heavy atom. The smallest absolute Gasteiger partial charge is 0.229 e. The van der Waals surface area contributed by atoms with Gasteiger partial charge in [0.2, 0.25) is 5.91 Å². The first kappa shape index (κ1) is 12.4. The number of ether oxygens (including phenoxy) is 1. The van der Waals surface area contributed by atoms with Crippen molar-refractivity contribution in [2.45, 2.75) is 26.0 Å². The van der Waals surface area contributed by atoms with E-state index in [1.165, 1.54) is 0 Å². The van der Waals surface area contributed by atoms with Gasteiger partial charge >= 0.3 is 0 Å². The molecule has 4 heteroatoms. The van der Waals surface area contributed by atoms with E-state index < -0.39 is 0 Å². The van der Waals surface area contributed by atoms with E-state index >= 15 is 0 Å². The van der Waals surface area contributed by atoms with Gasteiger partial charge in [0, 0.05) is 11.6 Å². The van der Waals surface area contributed by atoms with E-state index in [4.69, 9.17) is 16.3 Å². The van der Waals surface area contributed by atoms with E-state index in [1.54, 1.807) is 11.0 Å². The monoisotopic (exact) mass is 253 g/mol. The average Bonchev–Trinajstić information content (AvgIpc) is 2.32. The molecule has 17 heavy (non-hydrogen) atoms. The van der Waals surface area contributed by atoms with Crippen molar-refractivity contribution in [3.63, 3.8) is 0 Å². The van der Waals surface area contributed by atoms with Gasteiger partial charge in [0.25, 0.3) is 0 Å². The van der Waals surface area contributed by atoms with Crippen molar-refractivity contribution in [2.75, 3.05) is 13.2 Å². The molecule has 0 spiro atoms. The number of hydrogen-bond donors (Lipinski definition) is 0. The molecule has 1 saturated heterocycles. The molecule has 92 valence electrons. The van der Waals surface area contributed by atoms with Gasteiger partial charge in [-0.1, -0.05) is 29.8 Å². The lowest BCUT2D eigenvalue weighted by Crippen LogP contribution is -2.45. The quantitative estimate of drug-likeness (QED) is 0.810. The van der Waals surface area contributed by atoms with Crippen molar-refractivity contribution in [2.24, 2.45) is 0 Å². The van der Waals surface area contributed by atoms with E-state index in [0.29, 0.717) is 11.4 Å². The van der Waals surface area contributed by atoms with Crippen LogP contribution in [-0.4, -0.2) is 30.2 Å². The van der Waals surface area contributed by atoms with Crippen LogP contribution in [0.3, 0.4) is 0 Å². The molecular weight excluding hydrogens is 238 g/mol. The highest BCUT2D eigenvalue weighted by Crippen LogP contribution is 2.18. The molecule has 0 aromatic heterocycles. The molecule has 0 radical (unpaired) electrons. The molecule has 3 nitrogen and oxygen atoms in total. The number of halogens is 1. The Morgan fingerprint density at radius 3 is 3.00 bits per heavy atom. The first-order chi connectivity index (χ1) is 8.18. The van der Waals surface area contributed by atoms with Crippen LogP contribution < -0.4 is 0 Å². The summed E-state index contributed by atoms with van der Waals surface area (Å²) in [7, 11) is 0. The number of carbonyl (C=O) groups is 1. The topological polar surface area (TPSA) is 29.5 Å². The third-order valence-corrected chi connectivity index (χ3v) is 3.33. The summed E-state index contributed by atoms with van der Waals surface area (Å²) in [6, 6.07) is 7.45. The summed E-state index contributed by atoms with van der Waals surface area (Å²) < 4.78 is 5.45. The van der Waals surface area contributed by atoms with E-state index in [2.05, 4.69) is 0 Å². The van der Waals surface area contributed by atoms with Crippen molar-refractivity contribution in [3.8, 4) is 0 Å². The molecule has 1 fully saturated rings. The minimum absolute atomic E-state index is 0.0744. The van der Waals surface area contributed by atoms with Gasteiger partial charge < -0.3 is 9.64 Å². The normalized spacial score (nSPS) is 20.4. The highest BCUT2D eigenvalue weighted by molar-refractivity contribution is 6.31. The molecule has 0 N–H and O–H groups in total. The maximum absolute atomic E-state index is 12.1. The fourth-order valence-electron chi connectivity index (χ4n) is 1.99. The summed E-state index contributed by atoms with van der Waals surface area (Å²) in [4.78, 5) is 13.9. The predicted octanol–water partition coefficient (Wildman–Crippen LogP) is 2.48. The second-order valence-electron chi connectivity index (χ2n) is 4.18. The van der Waals surface area contributed by atoms with E-state index in [1.807, 2.05) is 25.1 Å². The fourth-order valence-corrected chi connectivity index (χ4v) is 2.20. The molecule has 1 atom stereocenters. The van der Waals surface area contributed by atoms with Crippen LogP contribution >= 0.6 is 11.6 Å². The number of hydrogen-bond acceptors (Lipinski definition) is 2. The molecule has 1 aromatic rings. The predicted molar refractivity (Wildman–Crippen MR) is 66.9 cm³/mol. The standard InChI is InChI=1S/C13H16ClNO2/c1-10-15(7-4-8-17-10)13(16)9-11-5-2-3-6-12(11)14/h2-3,5-6,10H,4,7-9H2,1H3. The van der Waals surface area contributed by atoms with Crippen LogP contribution in [0.4, 0.5) is 0 Å². The van der Waals surface area contributed by atoms with Crippen LogP contribution in [0.25, 0.3) is 0 Å². The van der Waals surface area contributed by atoms with Gasteiger partial charge in [-0.05, 0) is 25.0 Å². The summed E-state index contributed by atoms with van der Waals surface area (Å²) in [5.41, 5.74) is 0.872. The maximum Gasteiger partial charge on any atom is 0.229 e. The minimum Gasteiger partial charge on any atom is -0.359 e. The second-order valence-corrected chi connectivity index (χ2v) is 4.59. The van der Waals surface area contributed by atoms with Crippen molar-refractivity contribution in [1.82, 2.24) is 4.90 Å². The lowest BCUT2D eigenvalue weighted by molar-refractivity contribution is -0.151. The van der Waals surface area contributed by atoms with E-state index in [9.17, 15) is 4.79 Å². The molecule has 1 aromatic carbocycles. The molecule has 1 aliphatic heterocycles. The first-order valence-electron chi connectivity index (χ1n) is 5.83. The molecule has 0 saturated carbocycles. The van der Waals surface area contributed by atoms with Gasteiger partial charge in [-0.2, -0.15) is 0 Å². The number of carbonyl (C=O) groups excluding carboxylic acids is 1. The third kappa shape index (κ3) is 2.99. The van der Waals surface area contributed by atoms with Gasteiger partial charge in [0.1, 0.15) is 6.23 Å². The van der Waals surface area contributed by atoms with E-state index in [-0.39, 0.29) is 12.1 Å². The van der Waals surface area contributed by atoms with Crippen LogP contribution in [0.15, 0.2) is 24.3 Å². The number of benzene rings is 1. The highest BCUT2D eigenvalue weighted by atomic mass is 35.5. The van der Waals surface area contributed by atoms with Crippen molar-refractivity contribution in [1.29, 1.82) is 0 Å². The zero-order valence-electron chi connectivity index (χ0n) is 9.86. The van der Waals surface area contributed by atoms with Crippen LogP contribution in [0.5, 0.6) is 0 Å². The van der Waals surface area contributed by atoms with Crippen LogP contribution in [0.1, 0.15) is 18.9 Å². The van der Waals surface area contributed by atoms with Gasteiger partial charge in [-0.3, -0.25) is 4.79 Å². The van der Waals surface area contributed by atoms with Crippen molar-refractivity contribution < 1.29 is 9.53 Å². The Bertz CT molecular complexity index is 408. The summed E-state index contributed by atoms with van der Waals surface area (Å²) in [5.74, 6) is 0.0744. The molecule has 0 aliphatic carbocycles. The first-order valence-corrected chi connectivity index (χ1v) is 6.21. The Hall–Kier alpha value is -1.06. The van der Waals surface area contributed by atoms with Crippen LogP contribution in [-0.2, 0) is 16.0 Å². The van der Waals surface area contributed by atoms with Gasteiger partial charge in [0.15, 0.2) is 0 Å². The summed E-state index contributed by atoms with van der Waals surface area (Å²) in [5, 5.41) is 0.645. The SMILES string of the molecule is CC1OCCCN1C(=O)Cc1ccccc1Cl. The van der Waals surface area contributed by atoms with Gasteiger partial charge in [-0.25, -0.2) is 0 Å². The molecule has 0 bridgehead atoms. The summed E-state index contributed by atoms with van der Waals surface area (Å²) >= 11 is 6.04. The highest BCUT2D eigenvalue weighted by Gasteiger charge is 2.23. The Labute approximate surface area is 106 Å². The Kier molecular flexibility index (Phi) is 4.02. The minimum atomic E-state index is -0.126. The van der Waals surface area contributed by atoms with Crippen LogP contribution in [0.2, 0.25) is 5.02 Å². The third-order valence-electron chi connectivity index (χ3n) is 2.96. The Morgan fingerprint density at radius 1 is 1.53 bits per heavy atom. The lowest BCUT2D eigenvalue weighted by atomic mass is 10.1. The number of nitrogens with zero attached hydrogens (tertiary/aromatic N) is 1. The van der Waals surface area contributed by atoms with Crippen molar-refractivity contribution in [3.05, 3.63) is 34.9 Å². The number of rotatable bonds is 2. The molecule has 2 rings (SSSR count). The average molecular weight is 254 g/mol. The molecule has 1 unspecified atom stereocenters. The van der Waals surface area contributed by atoms with Gasteiger partial charge in [-0.15, -0.1) is 0 Å². The molecule has 1 amide bonds.